The van der Waals surface area contributed by atoms with Crippen LogP contribution in [0.25, 0.3) is 0 Å². The standard InChI is InChI=1S/C13H11N3O2S/c1-9-2-3-12(13(4-9)16(17)18)15-7-11-5-10(6-14)8-19-11/h2-5,8,15H,7H2,1H3. The largest absolute Gasteiger partial charge is 0.375 e. The summed E-state index contributed by atoms with van der Waals surface area (Å²) in [6.45, 7) is 2.28. The highest BCUT2D eigenvalue weighted by Crippen LogP contribution is 2.26. The second-order valence-corrected chi connectivity index (χ2v) is 5.04. The third-order valence-corrected chi connectivity index (χ3v) is 3.52. The molecular formula is C13H11N3O2S. The van der Waals surface area contributed by atoms with Gasteiger partial charge in [0, 0.05) is 22.9 Å². The molecule has 1 heterocycles. The molecule has 1 N–H and O–H groups in total. The number of thiophene rings is 1. The van der Waals surface area contributed by atoms with E-state index in [0.717, 1.165) is 10.4 Å². The molecule has 19 heavy (non-hydrogen) atoms. The summed E-state index contributed by atoms with van der Waals surface area (Å²) in [5.41, 5.74) is 2.01. The molecule has 0 saturated carbocycles. The zero-order valence-electron chi connectivity index (χ0n) is 10.2. The number of nitrogens with one attached hydrogen (secondary N) is 1. The van der Waals surface area contributed by atoms with Gasteiger partial charge in [0.05, 0.1) is 10.5 Å². The minimum atomic E-state index is -0.398. The Balaban J connectivity index is 2.15. The normalized spacial score (nSPS) is 9.89. The van der Waals surface area contributed by atoms with E-state index in [-0.39, 0.29) is 5.69 Å². The Morgan fingerprint density at radius 1 is 1.47 bits per heavy atom. The van der Waals surface area contributed by atoms with E-state index in [0.29, 0.717) is 17.8 Å². The second kappa shape index (κ2) is 5.50. The summed E-state index contributed by atoms with van der Waals surface area (Å²) >= 11 is 1.46. The fraction of sp³-hybridized carbons (Fsp3) is 0.154. The van der Waals surface area contributed by atoms with Gasteiger partial charge < -0.3 is 5.32 Å². The van der Waals surface area contributed by atoms with Gasteiger partial charge in [-0.3, -0.25) is 10.1 Å². The monoisotopic (exact) mass is 273 g/mol. The Labute approximate surface area is 114 Å². The number of anilines is 1. The summed E-state index contributed by atoms with van der Waals surface area (Å²) in [6, 6.07) is 8.90. The zero-order chi connectivity index (χ0) is 13.8. The van der Waals surface area contributed by atoms with Crippen LogP contribution in [0.2, 0.25) is 0 Å². The van der Waals surface area contributed by atoms with Crippen molar-refractivity contribution in [2.24, 2.45) is 0 Å². The van der Waals surface area contributed by atoms with Gasteiger partial charge in [0.2, 0.25) is 0 Å². The molecule has 0 fully saturated rings. The summed E-state index contributed by atoms with van der Waals surface area (Å²) in [4.78, 5) is 11.5. The lowest BCUT2D eigenvalue weighted by Gasteiger charge is -2.06. The van der Waals surface area contributed by atoms with Crippen LogP contribution in [0.4, 0.5) is 11.4 Å². The molecule has 0 aliphatic rings. The van der Waals surface area contributed by atoms with Crippen LogP contribution in [-0.2, 0) is 6.54 Å². The second-order valence-electron chi connectivity index (χ2n) is 4.04. The van der Waals surface area contributed by atoms with Gasteiger partial charge in [-0.1, -0.05) is 6.07 Å². The predicted molar refractivity (Wildman–Crippen MR) is 74.2 cm³/mol. The average Bonchev–Trinajstić information content (AvgIpc) is 2.85. The summed E-state index contributed by atoms with van der Waals surface area (Å²) < 4.78 is 0. The summed E-state index contributed by atoms with van der Waals surface area (Å²) in [6.07, 6.45) is 0. The minimum absolute atomic E-state index is 0.0667. The number of hydrogen-bond acceptors (Lipinski definition) is 5. The highest BCUT2D eigenvalue weighted by Gasteiger charge is 2.13. The maximum absolute atomic E-state index is 11.0. The van der Waals surface area contributed by atoms with Gasteiger partial charge in [0.25, 0.3) is 5.69 Å². The van der Waals surface area contributed by atoms with Crippen molar-refractivity contribution in [3.63, 3.8) is 0 Å². The van der Waals surface area contributed by atoms with E-state index in [2.05, 4.69) is 11.4 Å². The molecule has 5 nitrogen and oxygen atoms in total. The number of benzene rings is 1. The number of rotatable bonds is 4. The van der Waals surface area contributed by atoms with Crippen LogP contribution >= 0.6 is 11.3 Å². The maximum Gasteiger partial charge on any atom is 0.292 e. The Hall–Kier alpha value is -2.39. The third-order valence-electron chi connectivity index (χ3n) is 2.59. The molecule has 0 saturated heterocycles. The van der Waals surface area contributed by atoms with Crippen molar-refractivity contribution in [3.8, 4) is 6.07 Å². The number of hydrogen-bond donors (Lipinski definition) is 1. The van der Waals surface area contributed by atoms with E-state index in [1.807, 2.05) is 13.0 Å². The highest BCUT2D eigenvalue weighted by atomic mass is 32.1. The van der Waals surface area contributed by atoms with Crippen molar-refractivity contribution in [2.75, 3.05) is 5.32 Å². The predicted octanol–water partition coefficient (Wildman–Crippen LogP) is 3.45. The van der Waals surface area contributed by atoms with Crippen molar-refractivity contribution in [2.45, 2.75) is 13.5 Å². The van der Waals surface area contributed by atoms with Crippen LogP contribution in [0.5, 0.6) is 0 Å². The number of nitro benzene ring substituents is 1. The first-order chi connectivity index (χ1) is 9.10. The van der Waals surface area contributed by atoms with Crippen molar-refractivity contribution in [1.82, 2.24) is 0 Å². The lowest BCUT2D eigenvalue weighted by Crippen LogP contribution is -2.01. The van der Waals surface area contributed by atoms with Crippen molar-refractivity contribution >= 4 is 22.7 Å². The van der Waals surface area contributed by atoms with E-state index in [1.165, 1.54) is 17.4 Å². The lowest BCUT2D eigenvalue weighted by molar-refractivity contribution is -0.384. The number of nitriles is 1. The first kappa shape index (κ1) is 13.1. The Morgan fingerprint density at radius 2 is 2.26 bits per heavy atom. The van der Waals surface area contributed by atoms with Crippen LogP contribution in [-0.4, -0.2) is 4.92 Å². The SMILES string of the molecule is Cc1ccc(NCc2cc(C#N)cs2)c([N+](=O)[O-])c1. The van der Waals surface area contributed by atoms with Crippen LogP contribution in [0.1, 0.15) is 16.0 Å². The molecule has 2 aromatic rings. The molecule has 0 spiro atoms. The zero-order valence-corrected chi connectivity index (χ0v) is 11.0. The smallest absolute Gasteiger partial charge is 0.292 e. The molecule has 1 aromatic heterocycles. The molecule has 0 bridgehead atoms. The first-order valence-electron chi connectivity index (χ1n) is 5.56. The molecular weight excluding hydrogens is 262 g/mol. The highest BCUT2D eigenvalue weighted by molar-refractivity contribution is 7.10. The molecule has 1 aromatic carbocycles. The molecule has 6 heteroatoms. The fourth-order valence-corrected chi connectivity index (χ4v) is 2.41. The quantitative estimate of drug-likeness (QED) is 0.683. The molecule has 0 atom stereocenters. The Kier molecular flexibility index (Phi) is 3.78. The molecule has 0 aliphatic carbocycles. The molecule has 0 radical (unpaired) electrons. The van der Waals surface area contributed by atoms with Gasteiger partial charge in [-0.15, -0.1) is 11.3 Å². The van der Waals surface area contributed by atoms with E-state index < -0.39 is 4.92 Å². The van der Waals surface area contributed by atoms with Crippen LogP contribution in [0.3, 0.4) is 0 Å². The van der Waals surface area contributed by atoms with Crippen LogP contribution < -0.4 is 5.32 Å². The molecule has 2 rings (SSSR count). The number of nitro groups is 1. The summed E-state index contributed by atoms with van der Waals surface area (Å²) in [5.74, 6) is 0. The molecule has 96 valence electrons. The van der Waals surface area contributed by atoms with Crippen LogP contribution in [0, 0.1) is 28.4 Å². The average molecular weight is 273 g/mol. The van der Waals surface area contributed by atoms with Crippen molar-refractivity contribution in [1.29, 1.82) is 5.26 Å². The third kappa shape index (κ3) is 3.09. The molecule has 0 unspecified atom stereocenters. The van der Waals surface area contributed by atoms with Gasteiger partial charge in [-0.05, 0) is 24.6 Å². The number of aryl methyl sites for hydroxylation is 1. The Morgan fingerprint density at radius 3 is 2.89 bits per heavy atom. The van der Waals surface area contributed by atoms with E-state index >= 15 is 0 Å². The lowest BCUT2D eigenvalue weighted by atomic mass is 10.2. The minimum Gasteiger partial charge on any atom is -0.375 e. The van der Waals surface area contributed by atoms with Gasteiger partial charge in [-0.2, -0.15) is 5.26 Å². The maximum atomic E-state index is 11.0. The summed E-state index contributed by atoms with van der Waals surface area (Å²) in [7, 11) is 0. The van der Waals surface area contributed by atoms with E-state index in [1.54, 1.807) is 17.5 Å². The Bertz CT molecular complexity index is 658. The van der Waals surface area contributed by atoms with Gasteiger partial charge in [0.15, 0.2) is 0 Å². The van der Waals surface area contributed by atoms with Crippen molar-refractivity contribution in [3.05, 3.63) is 55.8 Å². The fourth-order valence-electron chi connectivity index (χ4n) is 1.66. The number of nitrogens with zero attached hydrogens (tertiary/aromatic N) is 2. The molecule has 0 aliphatic heterocycles. The summed E-state index contributed by atoms with van der Waals surface area (Å²) in [5, 5.41) is 24.5. The van der Waals surface area contributed by atoms with E-state index in [4.69, 9.17) is 5.26 Å². The van der Waals surface area contributed by atoms with Gasteiger partial charge >= 0.3 is 0 Å². The topological polar surface area (TPSA) is 79.0 Å². The van der Waals surface area contributed by atoms with Crippen molar-refractivity contribution < 1.29 is 4.92 Å². The van der Waals surface area contributed by atoms with Gasteiger partial charge in [-0.25, -0.2) is 0 Å². The van der Waals surface area contributed by atoms with Crippen LogP contribution in [0.15, 0.2) is 29.6 Å². The van der Waals surface area contributed by atoms with E-state index in [9.17, 15) is 10.1 Å². The van der Waals surface area contributed by atoms with Gasteiger partial charge in [0.1, 0.15) is 11.8 Å². The molecule has 0 amide bonds. The first-order valence-corrected chi connectivity index (χ1v) is 6.44.